The number of carbonyl (C=O) groups is 1. The molecule has 1 spiro atoms. The van der Waals surface area contributed by atoms with E-state index < -0.39 is 11.2 Å². The second-order valence-corrected chi connectivity index (χ2v) is 10.3. The largest absolute Gasteiger partial charge is 0.369 e. The van der Waals surface area contributed by atoms with Gasteiger partial charge in [-0.3, -0.25) is 9.78 Å². The fraction of sp³-hybridized carbons (Fsp3) is 0.333. The number of anilines is 1. The van der Waals surface area contributed by atoms with Crippen LogP contribution in [-0.4, -0.2) is 22.4 Å². The maximum Gasteiger partial charge on any atom is 0.223 e. The highest BCUT2D eigenvalue weighted by Crippen LogP contribution is 2.57. The summed E-state index contributed by atoms with van der Waals surface area (Å²) in [6.07, 6.45) is 5.38. The number of primary amides is 1. The first-order valence-corrected chi connectivity index (χ1v) is 11.9. The van der Waals surface area contributed by atoms with Crippen LogP contribution in [0.25, 0.3) is 22.4 Å². The van der Waals surface area contributed by atoms with Crippen LogP contribution in [0.4, 0.5) is 10.2 Å². The lowest BCUT2D eigenvalue weighted by atomic mass is 9.76. The summed E-state index contributed by atoms with van der Waals surface area (Å²) in [6, 6.07) is 9.04. The summed E-state index contributed by atoms with van der Waals surface area (Å²) in [6.45, 7) is 4.35. The minimum atomic E-state index is -0.620. The zero-order valence-electron chi connectivity index (χ0n) is 19.6. The molecule has 1 aliphatic heterocycles. The van der Waals surface area contributed by atoms with Crippen LogP contribution in [0.1, 0.15) is 42.9 Å². The molecule has 1 fully saturated rings. The van der Waals surface area contributed by atoms with E-state index in [2.05, 4.69) is 21.4 Å². The van der Waals surface area contributed by atoms with Gasteiger partial charge in [-0.05, 0) is 49.4 Å². The summed E-state index contributed by atoms with van der Waals surface area (Å²) >= 11 is 6.98. The van der Waals surface area contributed by atoms with E-state index in [0.29, 0.717) is 52.6 Å². The molecule has 0 radical (unpaired) electrons. The van der Waals surface area contributed by atoms with Gasteiger partial charge in [-0.2, -0.15) is 5.26 Å². The fourth-order valence-electron chi connectivity index (χ4n) is 5.70. The first kappa shape index (κ1) is 23.3. The Bertz CT molecular complexity index is 1420. The number of hydrogen-bond donors (Lipinski definition) is 2. The van der Waals surface area contributed by atoms with Crippen molar-refractivity contribution in [1.82, 2.24) is 9.97 Å². The van der Waals surface area contributed by atoms with Crippen LogP contribution in [0, 0.1) is 29.5 Å². The quantitative estimate of drug-likeness (QED) is 0.516. The van der Waals surface area contributed by atoms with Crippen molar-refractivity contribution in [2.24, 2.45) is 11.1 Å². The van der Waals surface area contributed by atoms with Gasteiger partial charge in [-0.25, -0.2) is 9.37 Å². The van der Waals surface area contributed by atoms with Gasteiger partial charge < -0.3 is 11.1 Å². The number of halogens is 2. The lowest BCUT2D eigenvalue weighted by Crippen LogP contribution is -2.35. The molecule has 0 saturated heterocycles. The Morgan fingerprint density at radius 3 is 2.74 bits per heavy atom. The van der Waals surface area contributed by atoms with Crippen LogP contribution in [-0.2, 0) is 16.6 Å². The molecule has 1 aromatic carbocycles. The molecule has 3 aromatic rings. The van der Waals surface area contributed by atoms with E-state index in [4.69, 9.17) is 22.6 Å². The van der Waals surface area contributed by atoms with Gasteiger partial charge in [-0.1, -0.05) is 30.7 Å². The second-order valence-electron chi connectivity index (χ2n) is 9.89. The first-order valence-electron chi connectivity index (χ1n) is 11.5. The highest BCUT2D eigenvalue weighted by Gasteiger charge is 2.53. The van der Waals surface area contributed by atoms with E-state index in [1.54, 1.807) is 36.7 Å². The van der Waals surface area contributed by atoms with Gasteiger partial charge in [0.2, 0.25) is 5.91 Å². The normalized spacial score (nSPS) is 22.6. The van der Waals surface area contributed by atoms with Crippen molar-refractivity contribution in [3.8, 4) is 28.5 Å². The fourth-order valence-corrected chi connectivity index (χ4v) is 6.14. The molecule has 2 atom stereocenters. The zero-order valence-corrected chi connectivity index (χ0v) is 20.3. The molecule has 1 saturated carbocycles. The lowest BCUT2D eigenvalue weighted by Gasteiger charge is -2.27. The van der Waals surface area contributed by atoms with Crippen molar-refractivity contribution in [3.05, 3.63) is 64.2 Å². The highest BCUT2D eigenvalue weighted by atomic mass is 35.5. The van der Waals surface area contributed by atoms with E-state index in [9.17, 15) is 4.79 Å². The molecule has 5 rings (SSSR count). The lowest BCUT2D eigenvalue weighted by molar-refractivity contribution is -0.126. The first-order chi connectivity index (χ1) is 16.7. The average molecular weight is 490 g/mol. The smallest absolute Gasteiger partial charge is 0.223 e. The molecule has 6 nitrogen and oxygen atoms in total. The summed E-state index contributed by atoms with van der Waals surface area (Å²) < 4.78 is 16.0. The molecule has 1 amide bonds. The standard InChI is InChI=1S/C27H25ClFN5O/c1-15-16(6-10-30)7-11-32-23(15)18-5-3-4-17(22(18)29)19-12-33-24-20(21(19)28)27(14-34-24)9-8-26(2,13-27)25(31)35/h3-5,7,11-12H,6,8-9,13-14H2,1-2H3,(H2,31,35)(H,33,34)/t26-,27+/m1/s1. The minimum Gasteiger partial charge on any atom is -0.369 e. The summed E-state index contributed by atoms with van der Waals surface area (Å²) in [5, 5.41) is 12.9. The van der Waals surface area contributed by atoms with Gasteiger partial charge >= 0.3 is 0 Å². The van der Waals surface area contributed by atoms with E-state index in [1.807, 2.05) is 13.8 Å². The van der Waals surface area contributed by atoms with Crippen molar-refractivity contribution in [3.63, 3.8) is 0 Å². The molecular formula is C27H25ClFN5O. The number of carbonyl (C=O) groups excluding carboxylic acids is 1. The van der Waals surface area contributed by atoms with E-state index in [-0.39, 0.29) is 17.7 Å². The summed E-state index contributed by atoms with van der Waals surface area (Å²) in [5.74, 6) is -0.0942. The Morgan fingerprint density at radius 1 is 1.26 bits per heavy atom. The molecule has 8 heteroatoms. The molecule has 0 bridgehead atoms. The molecular weight excluding hydrogens is 465 g/mol. The van der Waals surface area contributed by atoms with Crippen LogP contribution in [0.3, 0.4) is 0 Å². The number of benzene rings is 1. The van der Waals surface area contributed by atoms with Crippen LogP contribution < -0.4 is 11.1 Å². The number of nitrogens with two attached hydrogens (primary N) is 1. The number of nitrogens with zero attached hydrogens (tertiary/aromatic N) is 3. The van der Waals surface area contributed by atoms with Gasteiger partial charge in [0.05, 0.1) is 23.2 Å². The van der Waals surface area contributed by atoms with Crippen LogP contribution in [0.2, 0.25) is 5.02 Å². The number of rotatable bonds is 4. The Balaban J connectivity index is 1.62. The average Bonchev–Trinajstić information content (AvgIpc) is 3.37. The van der Waals surface area contributed by atoms with Crippen molar-refractivity contribution in [2.45, 2.75) is 44.9 Å². The third kappa shape index (κ3) is 3.55. The maximum atomic E-state index is 16.0. The van der Waals surface area contributed by atoms with Crippen molar-refractivity contribution >= 4 is 23.3 Å². The maximum absolute atomic E-state index is 16.0. The Hall–Kier alpha value is -3.50. The number of pyridine rings is 2. The van der Waals surface area contributed by atoms with Crippen molar-refractivity contribution < 1.29 is 9.18 Å². The summed E-state index contributed by atoms with van der Waals surface area (Å²) in [7, 11) is 0. The van der Waals surface area contributed by atoms with Crippen LogP contribution in [0.5, 0.6) is 0 Å². The van der Waals surface area contributed by atoms with Crippen molar-refractivity contribution in [1.29, 1.82) is 5.26 Å². The van der Waals surface area contributed by atoms with Crippen molar-refractivity contribution in [2.75, 3.05) is 11.9 Å². The number of fused-ring (bicyclic) bond motifs is 2. The highest BCUT2D eigenvalue weighted by molar-refractivity contribution is 6.34. The third-order valence-electron chi connectivity index (χ3n) is 7.75. The molecule has 3 heterocycles. The van der Waals surface area contributed by atoms with Gasteiger partial charge in [0.15, 0.2) is 0 Å². The molecule has 2 aromatic heterocycles. The molecule has 178 valence electrons. The van der Waals surface area contributed by atoms with Crippen LogP contribution >= 0.6 is 11.6 Å². The number of hydrogen-bond acceptors (Lipinski definition) is 5. The number of aromatic nitrogens is 2. The van der Waals surface area contributed by atoms with Gasteiger partial charge in [0, 0.05) is 52.0 Å². The Labute approximate surface area is 208 Å². The number of nitriles is 1. The van der Waals surface area contributed by atoms with E-state index in [1.165, 1.54) is 0 Å². The number of nitrogens with one attached hydrogen (secondary N) is 1. The third-order valence-corrected chi connectivity index (χ3v) is 8.14. The molecule has 1 aliphatic carbocycles. The zero-order chi connectivity index (χ0) is 25.0. The topological polar surface area (TPSA) is 105 Å². The monoisotopic (exact) mass is 489 g/mol. The SMILES string of the molecule is Cc1c(CC#N)ccnc1-c1cccc(-c2cnc3c(c2Cl)[C@]2(CC[C@@](C)(C(N)=O)C2)CN3)c1F. The predicted molar refractivity (Wildman–Crippen MR) is 133 cm³/mol. The molecule has 2 aliphatic rings. The second kappa shape index (κ2) is 8.31. The predicted octanol–water partition coefficient (Wildman–Crippen LogP) is 5.32. The van der Waals surface area contributed by atoms with Crippen LogP contribution in [0.15, 0.2) is 36.7 Å². The van der Waals surface area contributed by atoms with Gasteiger partial charge in [0.1, 0.15) is 11.6 Å². The summed E-state index contributed by atoms with van der Waals surface area (Å²) in [5.41, 5.74) is 8.78. The van der Waals surface area contributed by atoms with Gasteiger partial charge in [0.25, 0.3) is 0 Å². The van der Waals surface area contributed by atoms with E-state index >= 15 is 4.39 Å². The summed E-state index contributed by atoms with van der Waals surface area (Å²) in [4.78, 5) is 21.1. The minimum absolute atomic E-state index is 0.225. The molecule has 0 unspecified atom stereocenters. The Kier molecular flexibility index (Phi) is 5.52. The van der Waals surface area contributed by atoms with Gasteiger partial charge in [-0.15, -0.1) is 0 Å². The van der Waals surface area contributed by atoms with E-state index in [0.717, 1.165) is 23.1 Å². The molecule has 35 heavy (non-hydrogen) atoms. The Morgan fingerprint density at radius 2 is 2.03 bits per heavy atom. The number of amides is 1. The molecule has 3 N–H and O–H groups in total.